The number of non-ortho nitro benzene ring substituents is 1. The fourth-order valence-electron chi connectivity index (χ4n) is 2.56. The molecule has 31 heavy (non-hydrogen) atoms. The highest BCUT2D eigenvalue weighted by atomic mass is 35.5. The first-order valence-electron chi connectivity index (χ1n) is 8.59. The van der Waals surface area contributed by atoms with Crippen molar-refractivity contribution in [2.75, 3.05) is 7.11 Å². The van der Waals surface area contributed by atoms with Crippen molar-refractivity contribution in [2.45, 2.75) is 0 Å². The van der Waals surface area contributed by atoms with E-state index in [4.69, 9.17) is 16.0 Å². The van der Waals surface area contributed by atoms with E-state index in [-0.39, 0.29) is 27.6 Å². The van der Waals surface area contributed by atoms with Crippen LogP contribution in [0, 0.1) is 10.1 Å². The maximum Gasteiger partial charge on any atom is 0.339 e. The quantitative estimate of drug-likeness (QED) is 0.255. The summed E-state index contributed by atoms with van der Waals surface area (Å²) in [4.78, 5) is 34.0. The summed E-state index contributed by atoms with van der Waals surface area (Å²) in [5.74, 6) is -1.18. The summed E-state index contributed by atoms with van der Waals surface area (Å²) in [6.07, 6.45) is 1.20. The monoisotopic (exact) mass is 443 g/mol. The van der Waals surface area contributed by atoms with Gasteiger partial charge in [0, 0.05) is 17.7 Å². The number of carbonyl (C=O) groups is 2. The number of furan rings is 1. The second-order valence-electron chi connectivity index (χ2n) is 6.05. The predicted octanol–water partition coefficient (Wildman–Crippen LogP) is 3.76. The normalized spacial score (nSPS) is 10.8. The molecule has 2 aromatic carbocycles. The Hall–Kier alpha value is -4.18. The molecule has 0 bridgehead atoms. The van der Waals surface area contributed by atoms with Crippen LogP contribution in [-0.4, -0.2) is 35.2 Å². The largest absolute Gasteiger partial charge is 0.507 e. The molecule has 0 saturated carbocycles. The number of hydrogen-bond acceptors (Lipinski definition) is 8. The standard InChI is InChI=1S/C20H14ClN3O7/c1-30-20(27)14-8-11(2-5-16(14)21)18-7-4-13(31-18)10-22-23-19(26)15-9-12(24(28)29)3-6-17(15)25/h2-10,25H,1H3,(H,23,26)/b22-10+. The molecule has 0 spiro atoms. The third-order valence-corrected chi connectivity index (χ3v) is 4.41. The zero-order valence-electron chi connectivity index (χ0n) is 15.9. The Labute approximate surface area is 179 Å². The molecular weight excluding hydrogens is 430 g/mol. The second kappa shape index (κ2) is 9.09. The van der Waals surface area contributed by atoms with Gasteiger partial charge in [-0.1, -0.05) is 11.6 Å². The number of carbonyl (C=O) groups excluding carboxylic acids is 2. The average molecular weight is 444 g/mol. The summed E-state index contributed by atoms with van der Waals surface area (Å²) in [6.45, 7) is 0. The molecule has 0 saturated heterocycles. The van der Waals surface area contributed by atoms with E-state index in [0.717, 1.165) is 18.2 Å². The van der Waals surface area contributed by atoms with Crippen LogP contribution in [0.15, 0.2) is 58.0 Å². The molecule has 0 fully saturated rings. The van der Waals surface area contributed by atoms with Crippen LogP contribution < -0.4 is 5.43 Å². The van der Waals surface area contributed by atoms with Crippen molar-refractivity contribution in [2.24, 2.45) is 5.10 Å². The average Bonchev–Trinajstić information content (AvgIpc) is 3.22. The summed E-state index contributed by atoms with van der Waals surface area (Å²) in [7, 11) is 1.24. The first kappa shape index (κ1) is 21.5. The van der Waals surface area contributed by atoms with E-state index in [9.17, 15) is 24.8 Å². The SMILES string of the molecule is COC(=O)c1cc(-c2ccc(/C=N/NC(=O)c3cc([N+](=O)[O-])ccc3O)o2)ccc1Cl. The molecule has 1 aromatic heterocycles. The van der Waals surface area contributed by atoms with Gasteiger partial charge in [0.25, 0.3) is 11.6 Å². The lowest BCUT2D eigenvalue weighted by atomic mass is 10.1. The lowest BCUT2D eigenvalue weighted by Gasteiger charge is -2.04. The number of amides is 1. The van der Waals surface area contributed by atoms with Gasteiger partial charge < -0.3 is 14.3 Å². The van der Waals surface area contributed by atoms with Gasteiger partial charge in [-0.2, -0.15) is 5.10 Å². The number of nitro groups is 1. The van der Waals surface area contributed by atoms with Crippen molar-refractivity contribution in [1.82, 2.24) is 5.43 Å². The molecule has 10 nitrogen and oxygen atoms in total. The number of aromatic hydroxyl groups is 1. The number of benzene rings is 2. The maximum absolute atomic E-state index is 12.1. The number of nitrogens with one attached hydrogen (secondary N) is 1. The number of halogens is 1. The fraction of sp³-hybridized carbons (Fsp3) is 0.0500. The Balaban J connectivity index is 1.73. The molecule has 0 aliphatic carbocycles. The highest BCUT2D eigenvalue weighted by molar-refractivity contribution is 6.33. The van der Waals surface area contributed by atoms with Crippen LogP contribution in [-0.2, 0) is 4.74 Å². The topological polar surface area (TPSA) is 144 Å². The molecule has 1 heterocycles. The number of phenols is 1. The molecule has 158 valence electrons. The molecule has 3 aromatic rings. The molecule has 0 unspecified atom stereocenters. The number of hydrogen-bond donors (Lipinski definition) is 2. The van der Waals surface area contributed by atoms with Crippen LogP contribution >= 0.6 is 11.6 Å². The van der Waals surface area contributed by atoms with Gasteiger partial charge in [0.2, 0.25) is 0 Å². The van der Waals surface area contributed by atoms with E-state index in [1.807, 2.05) is 0 Å². The summed E-state index contributed by atoms with van der Waals surface area (Å²) in [5.41, 5.74) is 2.24. The zero-order valence-corrected chi connectivity index (χ0v) is 16.6. The van der Waals surface area contributed by atoms with Crippen molar-refractivity contribution >= 4 is 35.4 Å². The number of rotatable bonds is 6. The smallest absolute Gasteiger partial charge is 0.339 e. The van der Waals surface area contributed by atoms with E-state index >= 15 is 0 Å². The van der Waals surface area contributed by atoms with Crippen LogP contribution in [0.3, 0.4) is 0 Å². The fourth-order valence-corrected chi connectivity index (χ4v) is 2.75. The molecule has 11 heteroatoms. The number of phenolic OH excluding ortho intramolecular Hbond substituents is 1. The van der Waals surface area contributed by atoms with Crippen molar-refractivity contribution < 1.29 is 28.8 Å². The van der Waals surface area contributed by atoms with Crippen molar-refractivity contribution in [3.8, 4) is 17.1 Å². The minimum atomic E-state index is -0.843. The molecule has 3 rings (SSSR count). The number of hydrazone groups is 1. The molecular formula is C20H14ClN3O7. The lowest BCUT2D eigenvalue weighted by molar-refractivity contribution is -0.384. The first-order chi connectivity index (χ1) is 14.8. The van der Waals surface area contributed by atoms with E-state index in [1.54, 1.807) is 18.2 Å². The number of methoxy groups -OCH3 is 1. The van der Waals surface area contributed by atoms with Gasteiger partial charge in [-0.15, -0.1) is 0 Å². The molecule has 0 aliphatic heterocycles. The molecule has 2 N–H and O–H groups in total. The van der Waals surface area contributed by atoms with E-state index < -0.39 is 22.5 Å². The minimum absolute atomic E-state index is 0.178. The van der Waals surface area contributed by atoms with E-state index in [0.29, 0.717) is 11.3 Å². The third-order valence-electron chi connectivity index (χ3n) is 4.08. The molecule has 0 aliphatic rings. The van der Waals surface area contributed by atoms with Gasteiger partial charge in [0.05, 0.1) is 34.4 Å². The van der Waals surface area contributed by atoms with E-state index in [2.05, 4.69) is 15.3 Å². The van der Waals surface area contributed by atoms with Gasteiger partial charge in [-0.25, -0.2) is 10.2 Å². The van der Waals surface area contributed by atoms with Gasteiger partial charge in [-0.3, -0.25) is 14.9 Å². The summed E-state index contributed by atoms with van der Waals surface area (Å²) >= 11 is 6.00. The number of nitro benzene ring substituents is 1. The van der Waals surface area contributed by atoms with E-state index in [1.165, 1.54) is 25.5 Å². The Bertz CT molecular complexity index is 1200. The third kappa shape index (κ3) is 4.87. The zero-order chi connectivity index (χ0) is 22.5. The molecule has 0 radical (unpaired) electrons. The van der Waals surface area contributed by atoms with Crippen molar-refractivity contribution in [3.63, 3.8) is 0 Å². The minimum Gasteiger partial charge on any atom is -0.507 e. The number of ether oxygens (including phenoxy) is 1. The summed E-state index contributed by atoms with van der Waals surface area (Å²) in [5, 5.41) is 24.5. The highest BCUT2D eigenvalue weighted by Gasteiger charge is 2.16. The van der Waals surface area contributed by atoms with Gasteiger partial charge in [0.15, 0.2) is 0 Å². The van der Waals surface area contributed by atoms with Crippen LogP contribution in [0.4, 0.5) is 5.69 Å². The Kier molecular flexibility index (Phi) is 6.32. The predicted molar refractivity (Wildman–Crippen MR) is 110 cm³/mol. The van der Waals surface area contributed by atoms with Crippen LogP contribution in [0.25, 0.3) is 11.3 Å². The van der Waals surface area contributed by atoms with Crippen LogP contribution in [0.1, 0.15) is 26.5 Å². The maximum atomic E-state index is 12.1. The van der Waals surface area contributed by atoms with Crippen molar-refractivity contribution in [1.29, 1.82) is 0 Å². The van der Waals surface area contributed by atoms with Crippen molar-refractivity contribution in [3.05, 3.63) is 80.6 Å². The Morgan fingerprint density at radius 1 is 1.19 bits per heavy atom. The van der Waals surface area contributed by atoms with Crippen LogP contribution in [0.5, 0.6) is 5.75 Å². The molecule has 0 atom stereocenters. The summed E-state index contributed by atoms with van der Waals surface area (Å²) in [6, 6.07) is 11.0. The second-order valence-corrected chi connectivity index (χ2v) is 6.45. The van der Waals surface area contributed by atoms with Gasteiger partial charge in [0.1, 0.15) is 17.3 Å². The Morgan fingerprint density at radius 3 is 2.68 bits per heavy atom. The number of esters is 1. The highest BCUT2D eigenvalue weighted by Crippen LogP contribution is 2.27. The molecule has 1 amide bonds. The Morgan fingerprint density at radius 2 is 1.97 bits per heavy atom. The van der Waals surface area contributed by atoms with Crippen LogP contribution in [0.2, 0.25) is 5.02 Å². The van der Waals surface area contributed by atoms with Gasteiger partial charge in [-0.05, 0) is 36.4 Å². The van der Waals surface area contributed by atoms with Gasteiger partial charge >= 0.3 is 5.97 Å². The summed E-state index contributed by atoms with van der Waals surface area (Å²) < 4.78 is 10.3. The lowest BCUT2D eigenvalue weighted by Crippen LogP contribution is -2.17. The first-order valence-corrected chi connectivity index (χ1v) is 8.97. The number of nitrogens with zero attached hydrogens (tertiary/aromatic N) is 2.